The maximum Gasteiger partial charge on any atom is 0.274 e. The quantitative estimate of drug-likeness (QED) is 0.384. The van der Waals surface area contributed by atoms with Crippen LogP contribution in [0.1, 0.15) is 41.1 Å². The first-order valence-electron chi connectivity index (χ1n) is 9.97. The predicted octanol–water partition coefficient (Wildman–Crippen LogP) is 5.11. The van der Waals surface area contributed by atoms with Crippen molar-refractivity contribution in [3.8, 4) is 5.75 Å². The third-order valence-electron chi connectivity index (χ3n) is 4.79. The summed E-state index contributed by atoms with van der Waals surface area (Å²) in [5.41, 5.74) is 5.69. The van der Waals surface area contributed by atoms with E-state index in [1.807, 2.05) is 13.0 Å². The number of hydrogen-bond acceptors (Lipinski definition) is 5. The second-order valence-corrected chi connectivity index (χ2v) is 7.70. The zero-order valence-corrected chi connectivity index (χ0v) is 19.0. The molecule has 2 amide bonds. The fraction of sp³-hybridized carbons (Fsp3) is 0.208. The van der Waals surface area contributed by atoms with Crippen LogP contribution in [0.4, 0.5) is 5.69 Å². The number of carbonyl (C=O) groups excluding carboxylic acids is 2. The van der Waals surface area contributed by atoms with E-state index in [1.54, 1.807) is 63.2 Å². The number of hydrogen-bond donors (Lipinski definition) is 2. The largest absolute Gasteiger partial charge is 0.481 e. The minimum atomic E-state index is -0.717. The Hall–Kier alpha value is -3.58. The van der Waals surface area contributed by atoms with Crippen molar-refractivity contribution < 1.29 is 18.7 Å². The third kappa shape index (κ3) is 5.76. The molecule has 0 aliphatic rings. The summed E-state index contributed by atoms with van der Waals surface area (Å²) >= 11 is 5.96. The van der Waals surface area contributed by atoms with Crippen LogP contribution in [0.2, 0.25) is 5.02 Å². The van der Waals surface area contributed by atoms with Crippen molar-refractivity contribution in [2.75, 3.05) is 5.32 Å². The van der Waals surface area contributed by atoms with Gasteiger partial charge in [0, 0.05) is 10.7 Å². The van der Waals surface area contributed by atoms with Gasteiger partial charge >= 0.3 is 0 Å². The molecule has 0 aliphatic heterocycles. The average Bonchev–Trinajstić information content (AvgIpc) is 3.19. The number of aryl methyl sites for hydroxylation is 2. The van der Waals surface area contributed by atoms with Crippen molar-refractivity contribution in [1.29, 1.82) is 0 Å². The van der Waals surface area contributed by atoms with Crippen LogP contribution in [-0.2, 0) is 4.79 Å². The number of hydrazone groups is 1. The number of anilines is 1. The summed E-state index contributed by atoms with van der Waals surface area (Å²) in [5, 5.41) is 7.59. The molecule has 1 atom stereocenters. The minimum Gasteiger partial charge on any atom is -0.481 e. The molecule has 0 fully saturated rings. The van der Waals surface area contributed by atoms with Gasteiger partial charge in [0.25, 0.3) is 11.8 Å². The Morgan fingerprint density at radius 2 is 1.91 bits per heavy atom. The molecule has 32 heavy (non-hydrogen) atoms. The summed E-state index contributed by atoms with van der Waals surface area (Å²) in [4.78, 5) is 24.8. The van der Waals surface area contributed by atoms with Crippen LogP contribution in [0.25, 0.3) is 0 Å². The molecule has 0 spiro atoms. The summed E-state index contributed by atoms with van der Waals surface area (Å²) in [6.07, 6.45) is 0.733. The Morgan fingerprint density at radius 1 is 1.12 bits per heavy atom. The van der Waals surface area contributed by atoms with Crippen molar-refractivity contribution >= 4 is 34.8 Å². The summed E-state index contributed by atoms with van der Waals surface area (Å²) in [5.74, 6) is 0.459. The normalized spacial score (nSPS) is 12.2. The molecule has 166 valence electrons. The monoisotopic (exact) mass is 453 g/mol. The van der Waals surface area contributed by atoms with Crippen molar-refractivity contribution in [3.05, 3.63) is 82.3 Å². The zero-order chi connectivity index (χ0) is 23.3. The first-order chi connectivity index (χ1) is 15.2. The number of halogens is 1. The standard InChI is InChI=1S/C24H24ClN3O4/c1-14-12-19(25)8-9-22(14)32-17(4)23(29)26-20-7-5-6-18(13-20)15(2)27-28-24(30)21-10-11-31-16(21)3/h5-13,17H,1-4H3,(H,26,29)(H,28,30)/b27-15+/t17-/m0/s1. The average molecular weight is 454 g/mol. The highest BCUT2D eigenvalue weighted by Gasteiger charge is 2.16. The first kappa shape index (κ1) is 23.1. The molecule has 2 aromatic carbocycles. The number of ether oxygens (including phenoxy) is 1. The predicted molar refractivity (Wildman–Crippen MR) is 124 cm³/mol. The van der Waals surface area contributed by atoms with Crippen molar-refractivity contribution in [3.63, 3.8) is 0 Å². The Labute approximate surface area is 191 Å². The smallest absolute Gasteiger partial charge is 0.274 e. The molecule has 0 aliphatic carbocycles. The number of amides is 2. The molecular weight excluding hydrogens is 430 g/mol. The number of carbonyl (C=O) groups is 2. The van der Waals surface area contributed by atoms with Crippen LogP contribution in [0, 0.1) is 13.8 Å². The number of nitrogens with zero attached hydrogens (tertiary/aromatic N) is 1. The fourth-order valence-corrected chi connectivity index (χ4v) is 3.16. The Balaban J connectivity index is 1.64. The van der Waals surface area contributed by atoms with Crippen molar-refractivity contribution in [1.82, 2.24) is 5.43 Å². The maximum atomic E-state index is 12.6. The first-order valence-corrected chi connectivity index (χ1v) is 10.3. The molecule has 1 heterocycles. The van der Waals surface area contributed by atoms with E-state index in [9.17, 15) is 9.59 Å². The summed E-state index contributed by atoms with van der Waals surface area (Å²) in [6.45, 7) is 7.01. The summed E-state index contributed by atoms with van der Waals surface area (Å²) < 4.78 is 10.9. The third-order valence-corrected chi connectivity index (χ3v) is 5.02. The van der Waals surface area contributed by atoms with Crippen LogP contribution in [0.15, 0.2) is 64.3 Å². The number of rotatable bonds is 7. The highest BCUT2D eigenvalue weighted by atomic mass is 35.5. The van der Waals surface area contributed by atoms with Crippen LogP contribution >= 0.6 is 11.6 Å². The van der Waals surface area contributed by atoms with Crippen molar-refractivity contribution in [2.45, 2.75) is 33.8 Å². The van der Waals surface area contributed by atoms with E-state index in [-0.39, 0.29) is 11.8 Å². The highest BCUT2D eigenvalue weighted by molar-refractivity contribution is 6.30. The lowest BCUT2D eigenvalue weighted by Gasteiger charge is -2.16. The van der Waals surface area contributed by atoms with Gasteiger partial charge in [0.2, 0.25) is 0 Å². The molecule has 0 saturated carbocycles. The molecule has 0 saturated heterocycles. The fourth-order valence-electron chi connectivity index (χ4n) is 2.93. The van der Waals surface area contributed by atoms with Crippen LogP contribution in [0.3, 0.4) is 0 Å². The Morgan fingerprint density at radius 3 is 2.59 bits per heavy atom. The van der Waals surface area contributed by atoms with E-state index in [4.69, 9.17) is 20.8 Å². The summed E-state index contributed by atoms with van der Waals surface area (Å²) in [6, 6.07) is 14.0. The molecule has 3 rings (SSSR count). The Bertz CT molecular complexity index is 1170. The lowest BCUT2D eigenvalue weighted by atomic mass is 10.1. The second-order valence-electron chi connectivity index (χ2n) is 7.27. The van der Waals surface area contributed by atoms with E-state index >= 15 is 0 Å². The van der Waals surface area contributed by atoms with Gasteiger partial charge in [-0.15, -0.1) is 0 Å². The number of nitrogens with one attached hydrogen (secondary N) is 2. The van der Waals surface area contributed by atoms with Gasteiger partial charge in [-0.05, 0) is 75.2 Å². The van der Waals surface area contributed by atoms with Crippen LogP contribution < -0.4 is 15.5 Å². The minimum absolute atomic E-state index is 0.296. The van der Waals surface area contributed by atoms with Crippen molar-refractivity contribution in [2.24, 2.45) is 5.10 Å². The van der Waals surface area contributed by atoms with Gasteiger partial charge in [-0.3, -0.25) is 9.59 Å². The van der Waals surface area contributed by atoms with Crippen LogP contribution in [-0.4, -0.2) is 23.6 Å². The molecule has 7 nitrogen and oxygen atoms in total. The van der Waals surface area contributed by atoms with E-state index in [0.717, 1.165) is 11.1 Å². The van der Waals surface area contributed by atoms with E-state index in [0.29, 0.717) is 33.5 Å². The molecule has 0 unspecified atom stereocenters. The van der Waals surface area contributed by atoms with Gasteiger partial charge in [-0.1, -0.05) is 23.7 Å². The van der Waals surface area contributed by atoms with E-state index in [2.05, 4.69) is 15.8 Å². The Kier molecular flexibility index (Phi) is 7.33. The highest BCUT2D eigenvalue weighted by Crippen LogP contribution is 2.23. The molecule has 0 bridgehead atoms. The second kappa shape index (κ2) is 10.2. The van der Waals surface area contributed by atoms with Gasteiger partial charge < -0.3 is 14.5 Å². The zero-order valence-electron chi connectivity index (χ0n) is 18.2. The topological polar surface area (TPSA) is 92.9 Å². The summed E-state index contributed by atoms with van der Waals surface area (Å²) in [7, 11) is 0. The molecular formula is C24H24ClN3O4. The molecule has 2 N–H and O–H groups in total. The lowest BCUT2D eigenvalue weighted by Crippen LogP contribution is -2.30. The molecule has 3 aromatic rings. The molecule has 0 radical (unpaired) electrons. The van der Waals surface area contributed by atoms with Gasteiger partial charge in [-0.2, -0.15) is 5.10 Å². The van der Waals surface area contributed by atoms with Gasteiger partial charge in [-0.25, -0.2) is 5.43 Å². The molecule has 1 aromatic heterocycles. The van der Waals surface area contributed by atoms with E-state index < -0.39 is 6.10 Å². The van der Waals surface area contributed by atoms with Gasteiger partial charge in [0.05, 0.1) is 17.5 Å². The van der Waals surface area contributed by atoms with Gasteiger partial charge in [0.1, 0.15) is 11.5 Å². The lowest BCUT2D eigenvalue weighted by molar-refractivity contribution is -0.122. The maximum absolute atomic E-state index is 12.6. The number of furan rings is 1. The van der Waals surface area contributed by atoms with Crippen LogP contribution in [0.5, 0.6) is 5.75 Å². The number of benzene rings is 2. The van der Waals surface area contributed by atoms with Gasteiger partial charge in [0.15, 0.2) is 6.10 Å². The van der Waals surface area contributed by atoms with E-state index in [1.165, 1.54) is 6.26 Å². The molecule has 8 heteroatoms. The SMILES string of the molecule is C/C(=N\NC(=O)c1ccoc1C)c1cccc(NC(=O)[C@H](C)Oc2ccc(Cl)cc2C)c1.